The van der Waals surface area contributed by atoms with Crippen LogP contribution in [0.2, 0.25) is 0 Å². The molecule has 0 spiro atoms. The Morgan fingerprint density at radius 1 is 1.29 bits per heavy atom. The van der Waals surface area contributed by atoms with Gasteiger partial charge in [-0.3, -0.25) is 0 Å². The lowest BCUT2D eigenvalue weighted by Gasteiger charge is -2.00. The van der Waals surface area contributed by atoms with Crippen LogP contribution in [0.4, 0.5) is 0 Å². The minimum atomic E-state index is 1.04. The lowest BCUT2D eigenvalue weighted by Crippen LogP contribution is -2.30. The summed E-state index contributed by atoms with van der Waals surface area (Å²) in [4.78, 5) is 0. The molecule has 0 unspecified atom stereocenters. The van der Waals surface area contributed by atoms with Crippen LogP contribution in [0.25, 0.3) is 16.3 Å². The van der Waals surface area contributed by atoms with Gasteiger partial charge in [-0.15, -0.1) is 0 Å². The van der Waals surface area contributed by atoms with Gasteiger partial charge in [-0.1, -0.05) is 25.1 Å². The molecule has 2 aromatic heterocycles. The van der Waals surface area contributed by atoms with Crippen LogP contribution in [0, 0.1) is 6.92 Å². The second-order valence-corrected chi connectivity index (χ2v) is 4.66. The van der Waals surface area contributed by atoms with Crippen molar-refractivity contribution in [2.75, 3.05) is 0 Å². The monoisotopic (exact) mass is 225 g/mol. The van der Waals surface area contributed by atoms with Gasteiger partial charge in [-0.25, -0.2) is 4.57 Å². The SMILES string of the molecule is CCc1n2cc3c(C)cccc3cc2c[n+]1C. The molecule has 0 saturated heterocycles. The first-order valence-corrected chi connectivity index (χ1v) is 6.09. The van der Waals surface area contributed by atoms with E-state index in [2.05, 4.69) is 66.5 Å². The van der Waals surface area contributed by atoms with Crippen molar-refractivity contribution in [2.45, 2.75) is 20.3 Å². The Bertz CT molecular complexity index is 708. The van der Waals surface area contributed by atoms with Crippen molar-refractivity contribution in [3.05, 3.63) is 48.0 Å². The minimum Gasteiger partial charge on any atom is -0.236 e. The molecule has 17 heavy (non-hydrogen) atoms. The van der Waals surface area contributed by atoms with E-state index in [1.807, 2.05) is 0 Å². The molecule has 1 aromatic carbocycles. The van der Waals surface area contributed by atoms with Crippen molar-refractivity contribution in [3.63, 3.8) is 0 Å². The highest BCUT2D eigenvalue weighted by Gasteiger charge is 2.14. The second-order valence-electron chi connectivity index (χ2n) is 4.66. The van der Waals surface area contributed by atoms with Crippen molar-refractivity contribution in [2.24, 2.45) is 7.05 Å². The predicted molar refractivity (Wildman–Crippen MR) is 70.2 cm³/mol. The summed E-state index contributed by atoms with van der Waals surface area (Å²) in [6, 6.07) is 8.74. The topological polar surface area (TPSA) is 8.29 Å². The Balaban J connectivity index is 2.49. The summed E-state index contributed by atoms with van der Waals surface area (Å²) < 4.78 is 4.51. The molecule has 0 saturated carbocycles. The van der Waals surface area contributed by atoms with Crippen LogP contribution in [0.3, 0.4) is 0 Å². The molecule has 0 amide bonds. The summed E-state index contributed by atoms with van der Waals surface area (Å²) in [5.74, 6) is 1.34. The summed E-state index contributed by atoms with van der Waals surface area (Å²) in [5, 5.41) is 2.66. The highest BCUT2D eigenvalue weighted by Crippen LogP contribution is 2.20. The Morgan fingerprint density at radius 2 is 2.12 bits per heavy atom. The van der Waals surface area contributed by atoms with Crippen molar-refractivity contribution in [1.82, 2.24) is 4.40 Å². The number of aryl methyl sites for hydroxylation is 3. The third-order valence-electron chi connectivity index (χ3n) is 3.52. The van der Waals surface area contributed by atoms with Crippen LogP contribution in [0.5, 0.6) is 0 Å². The molecular weight excluding hydrogens is 208 g/mol. The Hall–Kier alpha value is -1.83. The van der Waals surface area contributed by atoms with E-state index in [0.29, 0.717) is 0 Å². The molecule has 0 atom stereocenters. The zero-order valence-corrected chi connectivity index (χ0v) is 10.6. The minimum absolute atomic E-state index is 1.04. The molecule has 3 rings (SSSR count). The van der Waals surface area contributed by atoms with Gasteiger partial charge in [-0.2, -0.15) is 4.40 Å². The molecule has 0 N–H and O–H groups in total. The maximum atomic E-state index is 2.30. The van der Waals surface area contributed by atoms with E-state index >= 15 is 0 Å². The quantitative estimate of drug-likeness (QED) is 0.563. The lowest BCUT2D eigenvalue weighted by molar-refractivity contribution is -0.677. The van der Waals surface area contributed by atoms with E-state index in [0.717, 1.165) is 6.42 Å². The molecule has 0 radical (unpaired) electrons. The van der Waals surface area contributed by atoms with E-state index in [-0.39, 0.29) is 0 Å². The number of hydrogen-bond donors (Lipinski definition) is 0. The van der Waals surface area contributed by atoms with Gasteiger partial charge in [0.15, 0.2) is 5.52 Å². The summed E-state index contributed by atoms with van der Waals surface area (Å²) in [6.45, 7) is 4.37. The van der Waals surface area contributed by atoms with Gasteiger partial charge >= 0.3 is 0 Å². The molecule has 0 fully saturated rings. The highest BCUT2D eigenvalue weighted by molar-refractivity contribution is 5.87. The summed E-state index contributed by atoms with van der Waals surface area (Å²) in [6.07, 6.45) is 5.50. The number of rotatable bonds is 1. The molecule has 0 aliphatic heterocycles. The smallest absolute Gasteiger partial charge is 0.236 e. The standard InChI is InChI=1S/C15H17N2/c1-4-15-16(3)9-13-8-12-7-5-6-11(2)14(12)10-17(13)15/h5-10H,4H2,1-3H3/q+1. The normalized spacial score (nSPS) is 11.5. The number of hydrogen-bond acceptors (Lipinski definition) is 0. The van der Waals surface area contributed by atoms with E-state index in [1.54, 1.807) is 0 Å². The molecule has 0 aliphatic carbocycles. The van der Waals surface area contributed by atoms with Crippen molar-refractivity contribution in [1.29, 1.82) is 0 Å². The van der Waals surface area contributed by atoms with Crippen molar-refractivity contribution < 1.29 is 4.57 Å². The molecule has 86 valence electrons. The number of imidazole rings is 1. The van der Waals surface area contributed by atoms with Crippen LogP contribution in [-0.2, 0) is 13.5 Å². The third-order valence-corrected chi connectivity index (χ3v) is 3.52. The van der Waals surface area contributed by atoms with Crippen LogP contribution >= 0.6 is 0 Å². The molecule has 0 aliphatic rings. The van der Waals surface area contributed by atoms with Gasteiger partial charge in [0.25, 0.3) is 5.82 Å². The zero-order chi connectivity index (χ0) is 12.0. The van der Waals surface area contributed by atoms with Crippen LogP contribution in [-0.4, -0.2) is 4.40 Å². The molecule has 3 aromatic rings. The average molecular weight is 225 g/mol. The first kappa shape index (κ1) is 10.3. The van der Waals surface area contributed by atoms with E-state index in [9.17, 15) is 0 Å². The van der Waals surface area contributed by atoms with Crippen LogP contribution in [0.15, 0.2) is 36.7 Å². The number of fused-ring (bicyclic) bond motifs is 2. The largest absolute Gasteiger partial charge is 0.261 e. The molecule has 2 nitrogen and oxygen atoms in total. The fraction of sp³-hybridized carbons (Fsp3) is 0.267. The Kier molecular flexibility index (Phi) is 2.18. The van der Waals surface area contributed by atoms with Gasteiger partial charge in [0.05, 0.1) is 7.05 Å². The van der Waals surface area contributed by atoms with E-state index < -0.39 is 0 Å². The van der Waals surface area contributed by atoms with Crippen molar-refractivity contribution >= 4 is 16.3 Å². The van der Waals surface area contributed by atoms with Gasteiger partial charge in [0, 0.05) is 11.8 Å². The van der Waals surface area contributed by atoms with E-state index in [1.165, 1.54) is 27.7 Å². The molecule has 2 heterocycles. The van der Waals surface area contributed by atoms with Gasteiger partial charge in [0.1, 0.15) is 12.4 Å². The average Bonchev–Trinajstić information content (AvgIpc) is 2.61. The van der Waals surface area contributed by atoms with Crippen LogP contribution in [0.1, 0.15) is 18.3 Å². The predicted octanol–water partition coefficient (Wildman–Crippen LogP) is 2.79. The number of aromatic nitrogens is 2. The molecule has 0 bridgehead atoms. The lowest BCUT2D eigenvalue weighted by atomic mass is 10.1. The summed E-state index contributed by atoms with van der Waals surface area (Å²) in [5.41, 5.74) is 2.60. The first-order chi connectivity index (χ1) is 8.20. The Labute approximate surface area is 101 Å². The maximum Gasteiger partial charge on any atom is 0.261 e. The molecular formula is C15H17N2+. The van der Waals surface area contributed by atoms with Crippen LogP contribution < -0.4 is 4.57 Å². The van der Waals surface area contributed by atoms with Gasteiger partial charge in [-0.05, 0) is 23.9 Å². The van der Waals surface area contributed by atoms with Crippen molar-refractivity contribution in [3.8, 4) is 0 Å². The first-order valence-electron chi connectivity index (χ1n) is 6.09. The Morgan fingerprint density at radius 3 is 2.88 bits per heavy atom. The number of nitrogens with zero attached hydrogens (tertiary/aromatic N) is 2. The molecule has 2 heteroatoms. The van der Waals surface area contributed by atoms with Gasteiger partial charge < -0.3 is 0 Å². The summed E-state index contributed by atoms with van der Waals surface area (Å²) >= 11 is 0. The number of benzene rings is 1. The fourth-order valence-electron chi connectivity index (χ4n) is 2.62. The summed E-state index contributed by atoms with van der Waals surface area (Å²) in [7, 11) is 2.11. The fourth-order valence-corrected chi connectivity index (χ4v) is 2.62. The second kappa shape index (κ2) is 3.59. The highest BCUT2D eigenvalue weighted by atomic mass is 15.1. The maximum absolute atomic E-state index is 2.30. The third kappa shape index (κ3) is 1.44. The number of pyridine rings is 1. The van der Waals surface area contributed by atoms with Gasteiger partial charge in [0.2, 0.25) is 0 Å². The zero-order valence-electron chi connectivity index (χ0n) is 10.6. The van der Waals surface area contributed by atoms with E-state index in [4.69, 9.17) is 0 Å².